The molecule has 1 N–H and O–H groups in total. The zero-order valence-electron chi connectivity index (χ0n) is 13.2. The molecule has 0 fully saturated rings. The molecule has 0 aliphatic carbocycles. The minimum absolute atomic E-state index is 0.738. The van der Waals surface area contributed by atoms with E-state index in [9.17, 15) is 0 Å². The number of aromatic nitrogens is 2. The molecule has 0 aliphatic heterocycles. The first-order valence-corrected chi connectivity index (χ1v) is 7.45. The zero-order chi connectivity index (χ0) is 15.2. The standard InChI is InChI=1S/C17H23N3O/c1-5-10-18-17-15(6-2)12(3)19-16(20-17)13-8-7-9-14(11-13)21-4/h7-9,11H,5-6,10H2,1-4H3,(H,18,19,20). The highest BCUT2D eigenvalue weighted by Crippen LogP contribution is 2.25. The molecule has 4 heteroatoms. The van der Waals surface area contributed by atoms with E-state index in [-0.39, 0.29) is 0 Å². The Morgan fingerprint density at radius 1 is 1.19 bits per heavy atom. The van der Waals surface area contributed by atoms with E-state index in [0.717, 1.165) is 48.0 Å². The second kappa shape index (κ2) is 7.07. The van der Waals surface area contributed by atoms with Crippen LogP contribution in [0.15, 0.2) is 24.3 Å². The molecule has 0 saturated carbocycles. The molecule has 1 aromatic heterocycles. The van der Waals surface area contributed by atoms with Crippen LogP contribution in [0.3, 0.4) is 0 Å². The molecule has 2 aromatic rings. The highest BCUT2D eigenvalue weighted by molar-refractivity contribution is 5.61. The van der Waals surface area contributed by atoms with E-state index < -0.39 is 0 Å². The van der Waals surface area contributed by atoms with Crippen molar-refractivity contribution in [3.8, 4) is 17.1 Å². The molecule has 2 rings (SSSR count). The molecule has 0 unspecified atom stereocenters. The van der Waals surface area contributed by atoms with E-state index >= 15 is 0 Å². The molecule has 0 bridgehead atoms. The van der Waals surface area contributed by atoms with Crippen LogP contribution < -0.4 is 10.1 Å². The molecular formula is C17H23N3O. The van der Waals surface area contributed by atoms with Crippen molar-refractivity contribution >= 4 is 5.82 Å². The van der Waals surface area contributed by atoms with E-state index in [1.54, 1.807) is 7.11 Å². The third kappa shape index (κ3) is 3.51. The van der Waals surface area contributed by atoms with Gasteiger partial charge in [0.05, 0.1) is 7.11 Å². The van der Waals surface area contributed by atoms with Crippen LogP contribution in [0.4, 0.5) is 5.82 Å². The Bertz CT molecular complexity index is 611. The lowest BCUT2D eigenvalue weighted by atomic mass is 10.1. The van der Waals surface area contributed by atoms with Gasteiger partial charge in [0.25, 0.3) is 0 Å². The summed E-state index contributed by atoms with van der Waals surface area (Å²) >= 11 is 0. The van der Waals surface area contributed by atoms with Crippen molar-refractivity contribution in [2.24, 2.45) is 0 Å². The van der Waals surface area contributed by atoms with Gasteiger partial charge in [0.1, 0.15) is 11.6 Å². The number of benzene rings is 1. The number of ether oxygens (including phenoxy) is 1. The number of hydrogen-bond acceptors (Lipinski definition) is 4. The molecule has 4 nitrogen and oxygen atoms in total. The van der Waals surface area contributed by atoms with Crippen molar-refractivity contribution in [2.75, 3.05) is 19.0 Å². The first kappa shape index (κ1) is 15.3. The predicted octanol–water partition coefficient (Wildman–Crippen LogP) is 3.84. The van der Waals surface area contributed by atoms with Crippen molar-refractivity contribution in [2.45, 2.75) is 33.6 Å². The monoisotopic (exact) mass is 285 g/mol. The van der Waals surface area contributed by atoms with Crippen molar-refractivity contribution in [1.82, 2.24) is 9.97 Å². The van der Waals surface area contributed by atoms with Crippen LogP contribution in [0.1, 0.15) is 31.5 Å². The van der Waals surface area contributed by atoms with Gasteiger partial charge in [0.15, 0.2) is 5.82 Å². The van der Waals surface area contributed by atoms with Crippen LogP contribution in [0.5, 0.6) is 5.75 Å². The fourth-order valence-corrected chi connectivity index (χ4v) is 2.30. The largest absolute Gasteiger partial charge is 0.497 e. The Balaban J connectivity index is 2.46. The molecule has 0 spiro atoms. The molecule has 0 amide bonds. The number of aryl methyl sites for hydroxylation is 1. The SMILES string of the molecule is CCCNc1nc(-c2cccc(OC)c2)nc(C)c1CC. The average Bonchev–Trinajstić information content (AvgIpc) is 2.52. The van der Waals surface area contributed by atoms with Gasteiger partial charge in [-0.25, -0.2) is 9.97 Å². The summed E-state index contributed by atoms with van der Waals surface area (Å²) in [4.78, 5) is 9.36. The molecule has 0 atom stereocenters. The van der Waals surface area contributed by atoms with Gasteiger partial charge >= 0.3 is 0 Å². The van der Waals surface area contributed by atoms with Gasteiger partial charge in [-0.15, -0.1) is 0 Å². The first-order valence-electron chi connectivity index (χ1n) is 7.45. The van der Waals surface area contributed by atoms with Gasteiger partial charge in [-0.05, 0) is 31.9 Å². The Hall–Kier alpha value is -2.10. The van der Waals surface area contributed by atoms with E-state index in [2.05, 4.69) is 24.1 Å². The number of methoxy groups -OCH3 is 1. The Labute approximate surface area is 126 Å². The maximum atomic E-state index is 5.28. The number of nitrogens with zero attached hydrogens (tertiary/aromatic N) is 2. The lowest BCUT2D eigenvalue weighted by molar-refractivity contribution is 0.415. The van der Waals surface area contributed by atoms with Crippen molar-refractivity contribution in [3.63, 3.8) is 0 Å². The summed E-state index contributed by atoms with van der Waals surface area (Å²) in [6.45, 7) is 7.24. The van der Waals surface area contributed by atoms with E-state index in [0.29, 0.717) is 0 Å². The highest BCUT2D eigenvalue weighted by Gasteiger charge is 2.11. The summed E-state index contributed by atoms with van der Waals surface area (Å²) < 4.78 is 5.28. The lowest BCUT2D eigenvalue weighted by Crippen LogP contribution is -2.09. The van der Waals surface area contributed by atoms with E-state index in [1.165, 1.54) is 5.56 Å². The number of nitrogens with one attached hydrogen (secondary N) is 1. The molecule has 0 radical (unpaired) electrons. The Kier molecular flexibility index (Phi) is 5.14. The topological polar surface area (TPSA) is 47.0 Å². The molecule has 0 saturated heterocycles. The maximum absolute atomic E-state index is 5.28. The number of rotatable bonds is 6. The summed E-state index contributed by atoms with van der Waals surface area (Å²) in [6, 6.07) is 7.85. The van der Waals surface area contributed by atoms with Crippen LogP contribution >= 0.6 is 0 Å². The minimum Gasteiger partial charge on any atom is -0.497 e. The zero-order valence-corrected chi connectivity index (χ0v) is 13.2. The highest BCUT2D eigenvalue weighted by atomic mass is 16.5. The molecule has 21 heavy (non-hydrogen) atoms. The van der Waals surface area contributed by atoms with Gasteiger partial charge in [-0.3, -0.25) is 0 Å². The Morgan fingerprint density at radius 2 is 2.00 bits per heavy atom. The van der Waals surface area contributed by atoms with Gasteiger partial charge in [0.2, 0.25) is 0 Å². The van der Waals surface area contributed by atoms with Crippen molar-refractivity contribution < 1.29 is 4.74 Å². The molecule has 0 aliphatic rings. The molecule has 1 heterocycles. The summed E-state index contributed by atoms with van der Waals surface area (Å²) in [6.07, 6.45) is 2.00. The minimum atomic E-state index is 0.738. The van der Waals surface area contributed by atoms with Crippen LogP contribution in [-0.2, 0) is 6.42 Å². The van der Waals surface area contributed by atoms with Crippen molar-refractivity contribution in [1.29, 1.82) is 0 Å². The lowest BCUT2D eigenvalue weighted by Gasteiger charge is -2.13. The number of hydrogen-bond donors (Lipinski definition) is 1. The third-order valence-electron chi connectivity index (χ3n) is 3.44. The van der Waals surface area contributed by atoms with E-state index in [1.807, 2.05) is 31.2 Å². The smallest absolute Gasteiger partial charge is 0.161 e. The summed E-state index contributed by atoms with van der Waals surface area (Å²) in [5, 5.41) is 3.41. The molecule has 112 valence electrons. The van der Waals surface area contributed by atoms with Gasteiger partial charge in [-0.1, -0.05) is 26.0 Å². The second-order valence-corrected chi connectivity index (χ2v) is 4.97. The normalized spacial score (nSPS) is 10.5. The van der Waals surface area contributed by atoms with Gasteiger partial charge in [0, 0.05) is 23.4 Å². The average molecular weight is 285 g/mol. The van der Waals surface area contributed by atoms with Crippen LogP contribution in [0.25, 0.3) is 11.4 Å². The number of anilines is 1. The first-order chi connectivity index (χ1) is 10.2. The second-order valence-electron chi connectivity index (χ2n) is 4.97. The van der Waals surface area contributed by atoms with Gasteiger partial charge in [-0.2, -0.15) is 0 Å². The van der Waals surface area contributed by atoms with Crippen LogP contribution in [0, 0.1) is 6.92 Å². The summed E-state index contributed by atoms with van der Waals surface area (Å²) in [5.74, 6) is 2.50. The predicted molar refractivity (Wildman–Crippen MR) is 86.9 cm³/mol. The molecule has 1 aromatic carbocycles. The van der Waals surface area contributed by atoms with Crippen LogP contribution in [-0.4, -0.2) is 23.6 Å². The van der Waals surface area contributed by atoms with Gasteiger partial charge < -0.3 is 10.1 Å². The van der Waals surface area contributed by atoms with Crippen molar-refractivity contribution in [3.05, 3.63) is 35.5 Å². The Morgan fingerprint density at radius 3 is 2.67 bits per heavy atom. The van der Waals surface area contributed by atoms with E-state index in [4.69, 9.17) is 9.72 Å². The van der Waals surface area contributed by atoms with Crippen LogP contribution in [0.2, 0.25) is 0 Å². The summed E-state index contributed by atoms with van der Waals surface area (Å²) in [7, 11) is 1.67. The maximum Gasteiger partial charge on any atom is 0.161 e. The quantitative estimate of drug-likeness (QED) is 0.876. The fourth-order valence-electron chi connectivity index (χ4n) is 2.30. The molecular weight excluding hydrogens is 262 g/mol. The third-order valence-corrected chi connectivity index (χ3v) is 3.44. The summed E-state index contributed by atoms with van der Waals surface area (Å²) in [5.41, 5.74) is 3.19. The fraction of sp³-hybridized carbons (Fsp3) is 0.412.